The zero-order valence-electron chi connectivity index (χ0n) is 30.5. The third-order valence-electron chi connectivity index (χ3n) is 9.35. The summed E-state index contributed by atoms with van der Waals surface area (Å²) < 4.78 is 12.9. The van der Waals surface area contributed by atoms with Crippen LogP contribution in [0.25, 0.3) is 0 Å². The Balaban J connectivity index is 0.000000172. The number of carbonyl (C=O) groups excluding carboxylic acids is 2. The average molecular weight is 763 g/mol. The fourth-order valence-corrected chi connectivity index (χ4v) is 13.7. The summed E-state index contributed by atoms with van der Waals surface area (Å²) in [5.41, 5.74) is 0.932. The topological polar surface area (TPSA) is 77.3 Å². The van der Waals surface area contributed by atoms with Gasteiger partial charge in [0.25, 0.3) is 0 Å². The van der Waals surface area contributed by atoms with E-state index in [2.05, 4.69) is 83.1 Å². The Morgan fingerprint density at radius 2 is 0.643 bits per heavy atom. The minimum Gasteiger partial charge on any atom is -0.437 e. The molecule has 2 aliphatic rings. The highest BCUT2D eigenvalue weighted by Gasteiger charge is 2.46. The van der Waals surface area contributed by atoms with Crippen LogP contribution >= 0.6 is 0 Å². The minimum atomic E-state index is -2.94. The second kappa shape index (κ2) is 17.9. The number of carbonyl (C=O) groups is 2. The third-order valence-corrected chi connectivity index (χ3v) is 17.0. The maximum atomic E-state index is 12.2. The van der Waals surface area contributed by atoms with Crippen LogP contribution in [0.5, 0.6) is 0 Å². The van der Waals surface area contributed by atoms with Crippen LogP contribution in [0.4, 0.5) is 0 Å². The van der Waals surface area contributed by atoms with Gasteiger partial charge in [0.05, 0.1) is 0 Å². The predicted octanol–water partition coefficient (Wildman–Crippen LogP) is 5.44. The van der Waals surface area contributed by atoms with E-state index in [0.717, 1.165) is 31.1 Å². The highest BCUT2D eigenvalue weighted by Crippen LogP contribution is 2.13. The summed E-state index contributed by atoms with van der Waals surface area (Å²) in [6.45, 7) is 0. The summed E-state index contributed by atoms with van der Waals surface area (Å²) in [5.74, 6) is -0.198. The molecule has 0 bridgehead atoms. The number of allylic oxidation sites excluding steroid dienone is 8. The highest BCUT2D eigenvalue weighted by molar-refractivity contribution is 7.07. The van der Waals surface area contributed by atoms with Gasteiger partial charge in [0.1, 0.15) is 11.4 Å². The van der Waals surface area contributed by atoms with Crippen molar-refractivity contribution in [1.29, 1.82) is 0 Å². The lowest BCUT2D eigenvalue weighted by Crippen LogP contribution is -2.68. The van der Waals surface area contributed by atoms with Crippen LogP contribution < -0.4 is 31.1 Å². The normalized spacial score (nSPS) is 14.2. The number of hydrogen-bond acceptors (Lipinski definition) is 6. The first-order valence-electron chi connectivity index (χ1n) is 18.2. The van der Waals surface area contributed by atoms with Gasteiger partial charge in [-0.15, -0.1) is 5.16 Å². The Morgan fingerprint density at radius 1 is 0.339 bits per heavy atom. The molecule has 6 nitrogen and oxygen atoms in total. The maximum Gasteiger partial charge on any atom is 0.380 e. The van der Waals surface area contributed by atoms with E-state index in [0.29, 0.717) is 11.4 Å². The van der Waals surface area contributed by atoms with Gasteiger partial charge in [0, 0.05) is 0 Å². The monoisotopic (exact) mass is 762 g/mol. The summed E-state index contributed by atoms with van der Waals surface area (Å²) in [4.78, 5) is 23.6. The lowest BCUT2D eigenvalue weighted by molar-refractivity contribution is -0.110. The molecule has 0 amide bonds. The van der Waals surface area contributed by atoms with Crippen molar-refractivity contribution in [2.75, 3.05) is 0 Å². The Kier molecular flexibility index (Phi) is 11.9. The van der Waals surface area contributed by atoms with Gasteiger partial charge in [0.15, 0.2) is 5.78 Å². The standard InChI is InChI=1S/2C24H19NO2Si/c26-24-19-11-10-18-23(24)25-27-28(20-12-4-1-5-13-20,21-14-6-2-7-15-21)22-16-8-3-9-17-22;26-21-18-16-20(17-19-21)25-27-28(22-10-4-1-5-11-22,23-12-6-2-7-13-23)24-14-8-3-9-15-24/h2*1-19H. The van der Waals surface area contributed by atoms with Crippen LogP contribution in [-0.2, 0) is 18.6 Å². The van der Waals surface area contributed by atoms with Gasteiger partial charge >= 0.3 is 16.6 Å². The minimum absolute atomic E-state index is 0.0448. The van der Waals surface area contributed by atoms with Gasteiger partial charge in [-0.1, -0.05) is 199 Å². The van der Waals surface area contributed by atoms with Gasteiger partial charge in [-0.2, -0.15) is 0 Å². The van der Waals surface area contributed by atoms with E-state index in [4.69, 9.17) is 9.05 Å². The molecule has 0 aromatic heterocycles. The molecule has 2 aliphatic carbocycles. The average Bonchev–Trinajstić information content (AvgIpc) is 3.28. The second-order valence-corrected chi connectivity index (χ2v) is 19.4. The van der Waals surface area contributed by atoms with Crippen molar-refractivity contribution >= 4 is 70.7 Å². The molecule has 0 fully saturated rings. The third kappa shape index (κ3) is 8.22. The second-order valence-electron chi connectivity index (χ2n) is 12.9. The molecule has 0 saturated heterocycles. The predicted molar refractivity (Wildman–Crippen MR) is 232 cm³/mol. The van der Waals surface area contributed by atoms with Crippen LogP contribution in [0.1, 0.15) is 0 Å². The first-order chi connectivity index (χ1) is 27.6. The molecule has 8 heteroatoms. The fourth-order valence-electron chi connectivity index (χ4n) is 6.63. The molecule has 0 aliphatic heterocycles. The maximum absolute atomic E-state index is 12.2. The van der Waals surface area contributed by atoms with E-state index >= 15 is 0 Å². The summed E-state index contributed by atoms with van der Waals surface area (Å²) in [6.07, 6.45) is 13.0. The van der Waals surface area contributed by atoms with Crippen molar-refractivity contribution in [3.05, 3.63) is 231 Å². The Morgan fingerprint density at radius 3 is 0.964 bits per heavy atom. The van der Waals surface area contributed by atoms with Crippen molar-refractivity contribution in [2.45, 2.75) is 0 Å². The van der Waals surface area contributed by atoms with Gasteiger partial charge in [-0.25, -0.2) is 0 Å². The molecule has 6 aromatic carbocycles. The smallest absolute Gasteiger partial charge is 0.380 e. The fraction of sp³-hybridized carbons (Fsp3) is 0. The number of hydrogen-bond donors (Lipinski definition) is 0. The molecule has 0 spiro atoms. The van der Waals surface area contributed by atoms with Crippen molar-refractivity contribution in [1.82, 2.24) is 0 Å². The number of nitrogens with zero attached hydrogens (tertiary/aromatic N) is 2. The summed E-state index contributed by atoms with van der Waals surface area (Å²) in [7, 11) is -5.80. The van der Waals surface area contributed by atoms with Crippen molar-refractivity contribution in [2.24, 2.45) is 10.3 Å². The van der Waals surface area contributed by atoms with Crippen LogP contribution in [0.2, 0.25) is 0 Å². The zero-order chi connectivity index (χ0) is 38.5. The van der Waals surface area contributed by atoms with Crippen LogP contribution in [0, 0.1) is 0 Å². The summed E-state index contributed by atoms with van der Waals surface area (Å²) in [5, 5.41) is 15.4. The van der Waals surface area contributed by atoms with E-state index in [1.165, 1.54) is 18.2 Å². The van der Waals surface area contributed by atoms with E-state index in [-0.39, 0.29) is 11.6 Å². The molecule has 272 valence electrons. The van der Waals surface area contributed by atoms with Crippen LogP contribution in [0.3, 0.4) is 0 Å². The largest absolute Gasteiger partial charge is 0.437 e. The summed E-state index contributed by atoms with van der Waals surface area (Å²) >= 11 is 0. The summed E-state index contributed by atoms with van der Waals surface area (Å²) in [6, 6.07) is 61.2. The lowest BCUT2D eigenvalue weighted by Gasteiger charge is -2.30. The molecule has 0 radical (unpaired) electrons. The first-order valence-corrected chi connectivity index (χ1v) is 22.1. The van der Waals surface area contributed by atoms with E-state index in [9.17, 15) is 9.59 Å². The van der Waals surface area contributed by atoms with Crippen LogP contribution in [0.15, 0.2) is 241 Å². The Labute approximate surface area is 329 Å². The Hall–Kier alpha value is -7.01. The molecule has 0 unspecified atom stereocenters. The first kappa shape index (κ1) is 37.3. The molecule has 56 heavy (non-hydrogen) atoms. The molecular formula is C48H38N2O4Si2. The molecule has 0 atom stereocenters. The molecule has 0 heterocycles. The van der Waals surface area contributed by atoms with Gasteiger partial charge < -0.3 is 9.05 Å². The molecule has 0 N–H and O–H groups in total. The van der Waals surface area contributed by atoms with E-state index < -0.39 is 16.6 Å². The molecular weight excluding hydrogens is 725 g/mol. The lowest BCUT2D eigenvalue weighted by atomic mass is 10.1. The van der Waals surface area contributed by atoms with Crippen LogP contribution in [-0.4, -0.2) is 39.6 Å². The number of ketones is 2. The highest BCUT2D eigenvalue weighted by atomic mass is 28.4. The molecule has 8 rings (SSSR count). The van der Waals surface area contributed by atoms with E-state index in [1.54, 1.807) is 30.4 Å². The van der Waals surface area contributed by atoms with Crippen molar-refractivity contribution < 1.29 is 18.6 Å². The van der Waals surface area contributed by atoms with Gasteiger partial charge in [-0.05, 0) is 67.6 Å². The van der Waals surface area contributed by atoms with Crippen molar-refractivity contribution in [3.63, 3.8) is 0 Å². The van der Waals surface area contributed by atoms with Crippen molar-refractivity contribution in [3.8, 4) is 0 Å². The molecule has 6 aromatic rings. The van der Waals surface area contributed by atoms with Gasteiger partial charge in [0.2, 0.25) is 5.78 Å². The SMILES string of the molecule is O=C1C=CC(=NO[Si](c2ccccc2)(c2ccccc2)c2ccccc2)C=C1.O=C1C=CC=CC1=NO[Si](c1ccccc1)(c1ccccc1)c1ccccc1. The number of rotatable bonds is 10. The quantitative estimate of drug-likeness (QED) is 0.0613. The number of oxime groups is 2. The van der Waals surface area contributed by atoms with Gasteiger partial charge in [-0.3, -0.25) is 9.59 Å². The Bertz CT molecular complexity index is 2220. The van der Waals surface area contributed by atoms with E-state index in [1.807, 2.05) is 109 Å². The molecule has 0 saturated carbocycles. The number of benzene rings is 6. The zero-order valence-corrected chi connectivity index (χ0v) is 32.5.